The van der Waals surface area contributed by atoms with Crippen molar-refractivity contribution in [2.75, 3.05) is 5.75 Å². The van der Waals surface area contributed by atoms with E-state index < -0.39 is 10.0 Å². The fraction of sp³-hybridized carbons (Fsp3) is 0.333. The minimum Gasteiger partial charge on any atom is -0.228 e. The fourth-order valence-corrected chi connectivity index (χ4v) is 0.493. The molecule has 0 amide bonds. The third-order valence-electron chi connectivity index (χ3n) is 0.350. The van der Waals surface area contributed by atoms with Crippen LogP contribution in [0.25, 0.3) is 0 Å². The van der Waals surface area contributed by atoms with Gasteiger partial charge in [0, 0.05) is 0 Å². The summed E-state index contributed by atoms with van der Waals surface area (Å²) in [6.07, 6.45) is 1.25. The monoisotopic (exact) mass is 123 g/mol. The van der Waals surface area contributed by atoms with Crippen LogP contribution >= 0.6 is 0 Å². The van der Waals surface area contributed by atoms with Crippen LogP contribution in [0.15, 0.2) is 12.7 Å². The van der Waals surface area contributed by atoms with E-state index in [0.29, 0.717) is 0 Å². The van der Waals surface area contributed by atoms with Gasteiger partial charge in [0.2, 0.25) is 10.0 Å². The van der Waals surface area contributed by atoms with Crippen LogP contribution in [0.4, 0.5) is 0 Å². The molecule has 0 spiro atoms. The molecule has 0 aliphatic heterocycles. The van der Waals surface area contributed by atoms with Crippen molar-refractivity contribution in [2.24, 2.45) is 5.14 Å². The molecule has 0 aromatic carbocycles. The van der Waals surface area contributed by atoms with Crippen LogP contribution < -0.4 is 5.14 Å². The zero-order valence-electron chi connectivity index (χ0n) is 3.79. The van der Waals surface area contributed by atoms with Crippen molar-refractivity contribution >= 4 is 10.0 Å². The van der Waals surface area contributed by atoms with Crippen molar-refractivity contribution in [3.8, 4) is 0 Å². The van der Waals surface area contributed by atoms with E-state index in [9.17, 15) is 8.42 Å². The molecule has 0 aliphatic rings. The molecule has 7 heavy (non-hydrogen) atoms. The van der Waals surface area contributed by atoms with Gasteiger partial charge in [0.15, 0.2) is 0 Å². The molecule has 0 saturated heterocycles. The molecule has 0 unspecified atom stereocenters. The van der Waals surface area contributed by atoms with Gasteiger partial charge in [0.25, 0.3) is 0 Å². The molecule has 42 valence electrons. The standard InChI is InChI=1S/C3H7NO2S/c1-2-3-7(4,5)6/h2H,1,3H2,(H2,4,5,6)/i3+2. The maximum absolute atomic E-state index is 9.94. The van der Waals surface area contributed by atoms with Crippen molar-refractivity contribution in [1.29, 1.82) is 0 Å². The first-order valence-corrected chi connectivity index (χ1v) is 3.39. The zero-order valence-corrected chi connectivity index (χ0v) is 4.61. The molecule has 0 heterocycles. The van der Waals surface area contributed by atoms with Crippen molar-refractivity contribution in [3.63, 3.8) is 0 Å². The van der Waals surface area contributed by atoms with Crippen LogP contribution in [0.5, 0.6) is 0 Å². The van der Waals surface area contributed by atoms with E-state index >= 15 is 0 Å². The number of nitrogens with two attached hydrogens (primary N) is 1. The highest BCUT2D eigenvalue weighted by Crippen LogP contribution is 1.73. The Morgan fingerprint density at radius 1 is 1.71 bits per heavy atom. The average molecular weight is 123 g/mol. The Hall–Kier alpha value is -0.350. The number of hydrogen-bond donors (Lipinski definition) is 1. The van der Waals surface area contributed by atoms with E-state index in [0.717, 1.165) is 0 Å². The van der Waals surface area contributed by atoms with Gasteiger partial charge in [-0.3, -0.25) is 0 Å². The highest BCUT2D eigenvalue weighted by Gasteiger charge is 1.93. The quantitative estimate of drug-likeness (QED) is 0.501. The van der Waals surface area contributed by atoms with E-state index in [-0.39, 0.29) is 5.75 Å². The Bertz CT molecular complexity index is 146. The Morgan fingerprint density at radius 3 is 2.14 bits per heavy atom. The molecule has 0 radical (unpaired) electrons. The Kier molecular flexibility index (Phi) is 1.98. The van der Waals surface area contributed by atoms with E-state index in [1.807, 2.05) is 0 Å². The fourth-order valence-electron chi connectivity index (χ4n) is 0.164. The van der Waals surface area contributed by atoms with Gasteiger partial charge in [-0.2, -0.15) is 0 Å². The molecule has 0 aliphatic carbocycles. The number of hydrogen-bond acceptors (Lipinski definition) is 2. The van der Waals surface area contributed by atoms with Gasteiger partial charge >= 0.3 is 0 Å². The molecular formula is C3H7NO2S. The first-order chi connectivity index (χ1) is 3.06. The molecule has 0 aromatic rings. The summed E-state index contributed by atoms with van der Waals surface area (Å²) in [5, 5.41) is 4.55. The van der Waals surface area contributed by atoms with Crippen LogP contribution in [0, 0.1) is 0 Å². The molecule has 0 atom stereocenters. The SMILES string of the molecule is C=C[14CH2]S(N)(=O)=O. The highest BCUT2D eigenvalue weighted by atomic mass is 32.2. The molecular weight excluding hydrogens is 116 g/mol. The molecule has 2 N–H and O–H groups in total. The largest absolute Gasteiger partial charge is 0.228 e. The molecule has 0 bridgehead atoms. The maximum Gasteiger partial charge on any atom is 0.212 e. The average Bonchev–Trinajstić information content (AvgIpc) is 1.30. The third-order valence-corrected chi connectivity index (χ3v) is 1.05. The maximum atomic E-state index is 9.94. The molecule has 0 saturated carbocycles. The molecule has 4 heteroatoms. The second-order valence-electron chi connectivity index (χ2n) is 1.12. The van der Waals surface area contributed by atoms with Gasteiger partial charge in [0.1, 0.15) is 0 Å². The summed E-state index contributed by atoms with van der Waals surface area (Å²) in [5.41, 5.74) is 0. The van der Waals surface area contributed by atoms with Gasteiger partial charge < -0.3 is 0 Å². The Morgan fingerprint density at radius 2 is 2.14 bits per heavy atom. The first kappa shape index (κ1) is 6.65. The summed E-state index contributed by atoms with van der Waals surface area (Å²) in [5.74, 6) is -0.146. The Labute approximate surface area is 42.9 Å². The zero-order chi connectivity index (χ0) is 5.91. The highest BCUT2D eigenvalue weighted by molar-refractivity contribution is 7.89. The summed E-state index contributed by atoms with van der Waals surface area (Å²) in [4.78, 5) is 0. The summed E-state index contributed by atoms with van der Waals surface area (Å²) < 4.78 is 19.9. The minimum absolute atomic E-state index is 0.146. The Balaban J connectivity index is 3.84. The third kappa shape index (κ3) is 5.65. The predicted octanol–water partition coefficient (Wildman–Crippen LogP) is -0.539. The smallest absolute Gasteiger partial charge is 0.212 e. The molecule has 3 nitrogen and oxygen atoms in total. The lowest BCUT2D eigenvalue weighted by atomic mass is 11.1. The van der Waals surface area contributed by atoms with Crippen molar-refractivity contribution < 1.29 is 8.42 Å². The van der Waals surface area contributed by atoms with Crippen LogP contribution in [0.1, 0.15) is 0 Å². The lowest BCUT2D eigenvalue weighted by molar-refractivity contribution is 0.600. The van der Waals surface area contributed by atoms with Crippen LogP contribution in [-0.4, -0.2) is 14.2 Å². The van der Waals surface area contributed by atoms with Crippen molar-refractivity contribution in [1.82, 2.24) is 0 Å². The van der Waals surface area contributed by atoms with E-state index in [4.69, 9.17) is 0 Å². The number of sulfonamides is 1. The van der Waals surface area contributed by atoms with E-state index in [2.05, 4.69) is 11.7 Å². The van der Waals surface area contributed by atoms with Crippen LogP contribution in [0.3, 0.4) is 0 Å². The summed E-state index contributed by atoms with van der Waals surface area (Å²) in [6.45, 7) is 3.19. The van der Waals surface area contributed by atoms with E-state index in [1.54, 1.807) is 0 Å². The van der Waals surface area contributed by atoms with E-state index in [1.165, 1.54) is 6.08 Å². The van der Waals surface area contributed by atoms with Gasteiger partial charge in [0.05, 0.1) is 5.75 Å². The summed E-state index contributed by atoms with van der Waals surface area (Å²) in [7, 11) is -3.29. The van der Waals surface area contributed by atoms with Gasteiger partial charge in [-0.05, 0) is 0 Å². The van der Waals surface area contributed by atoms with Crippen molar-refractivity contribution in [3.05, 3.63) is 12.7 Å². The van der Waals surface area contributed by atoms with Gasteiger partial charge in [-0.1, -0.05) is 6.08 Å². The predicted molar refractivity (Wildman–Crippen MR) is 28.2 cm³/mol. The molecule has 0 fully saturated rings. The first-order valence-electron chi connectivity index (χ1n) is 1.67. The van der Waals surface area contributed by atoms with Crippen molar-refractivity contribution in [2.45, 2.75) is 0 Å². The van der Waals surface area contributed by atoms with Crippen LogP contribution in [0.2, 0.25) is 0 Å². The summed E-state index contributed by atoms with van der Waals surface area (Å²) >= 11 is 0. The normalized spacial score (nSPS) is 11.0. The number of rotatable bonds is 2. The summed E-state index contributed by atoms with van der Waals surface area (Å²) in [6, 6.07) is 0. The van der Waals surface area contributed by atoms with Gasteiger partial charge in [-0.15, -0.1) is 6.58 Å². The lowest BCUT2D eigenvalue weighted by Gasteiger charge is -1.83. The molecule has 0 rings (SSSR count). The topological polar surface area (TPSA) is 60.2 Å². The van der Waals surface area contributed by atoms with Gasteiger partial charge in [-0.25, -0.2) is 13.6 Å². The minimum atomic E-state index is -3.29. The number of primary sulfonamides is 1. The second-order valence-corrected chi connectivity index (χ2v) is 2.78. The second kappa shape index (κ2) is 2.09. The van der Waals surface area contributed by atoms with Crippen LogP contribution in [-0.2, 0) is 10.0 Å². The lowest BCUT2D eigenvalue weighted by Crippen LogP contribution is -2.14. The molecule has 0 aromatic heterocycles.